The van der Waals surface area contributed by atoms with Gasteiger partial charge in [0.1, 0.15) is 17.6 Å². The Morgan fingerprint density at radius 3 is 2.39 bits per heavy atom. The van der Waals surface area contributed by atoms with Gasteiger partial charge in [0.25, 0.3) is 0 Å². The Balaban J connectivity index is 2.25. The maximum Gasteiger partial charge on any atom is 0.243 e. The fourth-order valence-corrected chi connectivity index (χ4v) is 4.87. The molecule has 2 amide bonds. The molecule has 0 aliphatic carbocycles. The first-order valence-corrected chi connectivity index (χ1v) is 13.8. The second-order valence-electron chi connectivity index (χ2n) is 8.85. The van der Waals surface area contributed by atoms with E-state index in [0.717, 1.165) is 16.1 Å². The third-order valence-electron chi connectivity index (χ3n) is 5.58. The molecule has 0 aliphatic rings. The Morgan fingerprint density at radius 1 is 1.11 bits per heavy atom. The van der Waals surface area contributed by atoms with E-state index in [4.69, 9.17) is 4.74 Å². The molecule has 10 heteroatoms. The summed E-state index contributed by atoms with van der Waals surface area (Å²) >= 11 is 0. The molecular weight excluding hydrogens is 485 g/mol. The van der Waals surface area contributed by atoms with E-state index in [9.17, 15) is 22.4 Å². The van der Waals surface area contributed by atoms with Crippen LogP contribution in [0.5, 0.6) is 5.75 Å². The van der Waals surface area contributed by atoms with Gasteiger partial charge < -0.3 is 15.0 Å². The number of rotatable bonds is 13. The second-order valence-corrected chi connectivity index (χ2v) is 10.8. The molecule has 0 saturated carbocycles. The lowest BCUT2D eigenvalue weighted by Crippen LogP contribution is -2.50. The number of carbonyl (C=O) groups is 2. The summed E-state index contributed by atoms with van der Waals surface area (Å²) in [6.07, 6.45) is 1.53. The van der Waals surface area contributed by atoms with E-state index in [1.54, 1.807) is 25.3 Å². The number of amides is 2. The summed E-state index contributed by atoms with van der Waals surface area (Å²) in [7, 11) is -2.22. The molecule has 0 heterocycles. The van der Waals surface area contributed by atoms with Crippen LogP contribution in [-0.2, 0) is 26.2 Å². The molecule has 2 rings (SSSR count). The van der Waals surface area contributed by atoms with E-state index in [2.05, 4.69) is 5.32 Å². The molecule has 0 aromatic heterocycles. The van der Waals surface area contributed by atoms with Gasteiger partial charge >= 0.3 is 0 Å². The Labute approximate surface area is 213 Å². The van der Waals surface area contributed by atoms with Gasteiger partial charge in [0.15, 0.2) is 0 Å². The van der Waals surface area contributed by atoms with Crippen LogP contribution in [0.2, 0.25) is 0 Å². The number of halogens is 1. The molecule has 2 aromatic rings. The average Bonchev–Trinajstić information content (AvgIpc) is 2.81. The highest BCUT2D eigenvalue weighted by Crippen LogP contribution is 2.23. The van der Waals surface area contributed by atoms with Gasteiger partial charge in [0, 0.05) is 25.6 Å². The first-order chi connectivity index (χ1) is 17.0. The summed E-state index contributed by atoms with van der Waals surface area (Å²) in [5.41, 5.74) is 0.728. The first kappa shape index (κ1) is 29.1. The van der Waals surface area contributed by atoms with E-state index >= 15 is 0 Å². The predicted octanol–water partition coefficient (Wildman–Crippen LogP) is 3.71. The molecule has 0 radical (unpaired) electrons. The minimum Gasteiger partial charge on any atom is -0.497 e. The van der Waals surface area contributed by atoms with Gasteiger partial charge in [-0.1, -0.05) is 31.2 Å². The molecule has 0 fully saturated rings. The highest BCUT2D eigenvalue weighted by atomic mass is 32.2. The molecule has 0 saturated heterocycles. The van der Waals surface area contributed by atoms with Crippen LogP contribution in [-0.4, -0.2) is 57.1 Å². The number of carbonyl (C=O) groups excluding carboxylic acids is 2. The molecule has 1 atom stereocenters. The number of anilines is 1. The van der Waals surface area contributed by atoms with E-state index in [0.29, 0.717) is 12.2 Å². The van der Waals surface area contributed by atoms with Crippen molar-refractivity contribution in [1.29, 1.82) is 0 Å². The van der Waals surface area contributed by atoms with Crippen molar-refractivity contribution in [2.24, 2.45) is 0 Å². The molecule has 198 valence electrons. The second kappa shape index (κ2) is 13.2. The third-order valence-corrected chi connectivity index (χ3v) is 6.76. The predicted molar refractivity (Wildman–Crippen MR) is 139 cm³/mol. The smallest absolute Gasteiger partial charge is 0.243 e. The van der Waals surface area contributed by atoms with Crippen molar-refractivity contribution in [2.45, 2.75) is 58.7 Å². The molecule has 2 aromatic carbocycles. The van der Waals surface area contributed by atoms with Crippen LogP contribution in [0, 0.1) is 5.82 Å². The number of para-hydroxylation sites is 1. The zero-order valence-electron chi connectivity index (χ0n) is 21.5. The van der Waals surface area contributed by atoms with Gasteiger partial charge in [0.2, 0.25) is 21.8 Å². The SMILES string of the molecule is CC[C@@H](C(=O)NC(C)C)N(Cc1cccc(OC)c1)C(=O)CCCN(c1ccccc1F)S(C)(=O)=O. The Bertz CT molecular complexity index is 1140. The molecular formula is C26H36FN3O5S. The average molecular weight is 522 g/mol. The van der Waals surface area contributed by atoms with Crippen molar-refractivity contribution in [2.75, 3.05) is 24.2 Å². The van der Waals surface area contributed by atoms with Gasteiger partial charge in [-0.25, -0.2) is 12.8 Å². The summed E-state index contributed by atoms with van der Waals surface area (Å²) in [5.74, 6) is -0.586. The molecule has 0 unspecified atom stereocenters. The molecule has 0 aliphatic heterocycles. The van der Waals surface area contributed by atoms with Gasteiger partial charge in [-0.3, -0.25) is 13.9 Å². The lowest BCUT2D eigenvalue weighted by Gasteiger charge is -2.31. The lowest BCUT2D eigenvalue weighted by molar-refractivity contribution is -0.141. The Morgan fingerprint density at radius 2 is 1.81 bits per heavy atom. The van der Waals surface area contributed by atoms with Crippen LogP contribution in [0.3, 0.4) is 0 Å². The van der Waals surface area contributed by atoms with Crippen LogP contribution in [0.25, 0.3) is 0 Å². The van der Waals surface area contributed by atoms with E-state index in [-0.39, 0.29) is 49.5 Å². The number of methoxy groups -OCH3 is 1. The van der Waals surface area contributed by atoms with E-state index < -0.39 is 21.9 Å². The summed E-state index contributed by atoms with van der Waals surface area (Å²) in [5, 5.41) is 2.87. The summed E-state index contributed by atoms with van der Waals surface area (Å²) in [6.45, 7) is 5.64. The zero-order chi connectivity index (χ0) is 26.9. The highest BCUT2D eigenvalue weighted by molar-refractivity contribution is 7.92. The fraction of sp³-hybridized carbons (Fsp3) is 0.462. The molecule has 0 bridgehead atoms. The number of hydrogen-bond acceptors (Lipinski definition) is 5. The number of sulfonamides is 1. The van der Waals surface area contributed by atoms with E-state index in [1.807, 2.05) is 32.9 Å². The van der Waals surface area contributed by atoms with Crippen LogP contribution >= 0.6 is 0 Å². The van der Waals surface area contributed by atoms with Crippen LogP contribution in [0.15, 0.2) is 48.5 Å². The normalized spacial score (nSPS) is 12.2. The fourth-order valence-electron chi connectivity index (χ4n) is 3.90. The zero-order valence-corrected chi connectivity index (χ0v) is 22.3. The topological polar surface area (TPSA) is 96.0 Å². The standard InChI is InChI=1S/C26H36FN3O5S/c1-6-23(26(32)28-19(2)3)29(18-20-11-9-12-21(17-20)35-4)25(31)15-10-16-30(36(5,33)34)24-14-8-7-13-22(24)27/h7-9,11-14,17,19,23H,6,10,15-16,18H2,1-5H3,(H,28,32)/t23-/m0/s1. The third kappa shape index (κ3) is 8.22. The lowest BCUT2D eigenvalue weighted by atomic mass is 10.1. The number of hydrogen-bond donors (Lipinski definition) is 1. The van der Waals surface area contributed by atoms with Crippen LogP contribution < -0.4 is 14.4 Å². The van der Waals surface area contributed by atoms with Crippen molar-refractivity contribution in [3.63, 3.8) is 0 Å². The van der Waals surface area contributed by atoms with Gasteiger partial charge in [-0.15, -0.1) is 0 Å². The largest absolute Gasteiger partial charge is 0.497 e. The maximum atomic E-state index is 14.3. The molecule has 0 spiro atoms. The van der Waals surface area contributed by atoms with Crippen molar-refractivity contribution < 1.29 is 27.1 Å². The Kier molecular flexibility index (Phi) is 10.7. The van der Waals surface area contributed by atoms with Crippen molar-refractivity contribution >= 4 is 27.5 Å². The van der Waals surface area contributed by atoms with Gasteiger partial charge in [0.05, 0.1) is 19.1 Å². The summed E-state index contributed by atoms with van der Waals surface area (Å²) < 4.78 is 45.2. The number of benzene rings is 2. The van der Waals surface area contributed by atoms with Crippen LogP contribution in [0.4, 0.5) is 10.1 Å². The number of nitrogens with one attached hydrogen (secondary N) is 1. The minimum absolute atomic E-state index is 0.0180. The van der Waals surface area contributed by atoms with Crippen molar-refractivity contribution in [3.8, 4) is 5.75 Å². The van der Waals surface area contributed by atoms with Crippen LogP contribution in [0.1, 0.15) is 45.6 Å². The molecule has 36 heavy (non-hydrogen) atoms. The quantitative estimate of drug-likeness (QED) is 0.434. The molecule has 1 N–H and O–H groups in total. The van der Waals surface area contributed by atoms with E-state index in [1.165, 1.54) is 23.1 Å². The number of ether oxygens (including phenoxy) is 1. The minimum atomic E-state index is -3.77. The molecule has 8 nitrogen and oxygen atoms in total. The summed E-state index contributed by atoms with van der Waals surface area (Å²) in [4.78, 5) is 27.8. The maximum absolute atomic E-state index is 14.3. The van der Waals surface area contributed by atoms with Gasteiger partial charge in [-0.05, 0) is 56.5 Å². The van der Waals surface area contributed by atoms with Crippen molar-refractivity contribution in [3.05, 3.63) is 59.9 Å². The highest BCUT2D eigenvalue weighted by Gasteiger charge is 2.29. The van der Waals surface area contributed by atoms with Crippen molar-refractivity contribution in [1.82, 2.24) is 10.2 Å². The monoisotopic (exact) mass is 521 g/mol. The summed E-state index contributed by atoms with van der Waals surface area (Å²) in [6, 6.07) is 12.1. The van der Waals surface area contributed by atoms with Gasteiger partial charge in [-0.2, -0.15) is 0 Å². The Hall–Kier alpha value is -3.14. The number of nitrogens with zero attached hydrogens (tertiary/aromatic N) is 2. The first-order valence-electron chi connectivity index (χ1n) is 11.9.